The van der Waals surface area contributed by atoms with Crippen LogP contribution in [0.5, 0.6) is 0 Å². The molecule has 0 heterocycles. The first-order valence-corrected chi connectivity index (χ1v) is 7.41. The van der Waals surface area contributed by atoms with Crippen molar-refractivity contribution in [3.63, 3.8) is 0 Å². The van der Waals surface area contributed by atoms with E-state index in [0.717, 1.165) is 12.1 Å². The highest BCUT2D eigenvalue weighted by atomic mass is 19.1. The smallest absolute Gasteiger partial charge is 0.234 e. The van der Waals surface area contributed by atoms with E-state index in [1.165, 1.54) is 6.07 Å². The lowest BCUT2D eigenvalue weighted by Gasteiger charge is -2.19. The summed E-state index contributed by atoms with van der Waals surface area (Å²) in [6.07, 6.45) is 0. The van der Waals surface area contributed by atoms with Crippen LogP contribution in [0.4, 0.5) is 8.78 Å². The number of benzene rings is 1. The second-order valence-corrected chi connectivity index (χ2v) is 5.85. The number of nitrogens with one attached hydrogen (secondary N) is 2. The van der Waals surface area contributed by atoms with Crippen molar-refractivity contribution in [2.24, 2.45) is 0 Å². The van der Waals surface area contributed by atoms with Crippen molar-refractivity contribution in [3.8, 4) is 0 Å². The minimum Gasteiger partial charge on any atom is -0.353 e. The molecular formula is C16H23F2N3O2. The summed E-state index contributed by atoms with van der Waals surface area (Å²) in [4.78, 5) is 25.1. The summed E-state index contributed by atoms with van der Waals surface area (Å²) in [5.74, 6) is -1.89. The standard InChI is InChI=1S/C16H23F2N3O2/c1-10(2)19-15(22)8-21(4)9-16(23)20-11(3)13-6-5-12(17)7-14(13)18/h5-7,10-11H,8-9H2,1-4H3,(H,19,22)(H,20,23)/t11-/m1/s1. The third-order valence-corrected chi connectivity index (χ3v) is 3.08. The third kappa shape index (κ3) is 6.73. The maximum Gasteiger partial charge on any atom is 0.234 e. The summed E-state index contributed by atoms with van der Waals surface area (Å²) in [5, 5.41) is 5.36. The van der Waals surface area contributed by atoms with Crippen molar-refractivity contribution < 1.29 is 18.4 Å². The second-order valence-electron chi connectivity index (χ2n) is 5.85. The van der Waals surface area contributed by atoms with Crippen LogP contribution in [0.15, 0.2) is 18.2 Å². The maximum atomic E-state index is 13.7. The Kier molecular flexibility index (Phi) is 7.09. The summed E-state index contributed by atoms with van der Waals surface area (Å²) < 4.78 is 26.5. The van der Waals surface area contributed by atoms with E-state index < -0.39 is 17.7 Å². The molecule has 128 valence electrons. The van der Waals surface area contributed by atoms with Crippen molar-refractivity contribution in [2.75, 3.05) is 20.1 Å². The number of hydrogen-bond donors (Lipinski definition) is 2. The molecule has 7 heteroatoms. The van der Waals surface area contributed by atoms with Gasteiger partial charge in [-0.15, -0.1) is 0 Å². The minimum atomic E-state index is -0.706. The first kappa shape index (κ1) is 19.0. The van der Waals surface area contributed by atoms with Gasteiger partial charge in [-0.1, -0.05) is 6.07 Å². The molecule has 0 saturated carbocycles. The predicted octanol–water partition coefficient (Wildman–Crippen LogP) is 1.60. The number of carbonyl (C=O) groups is 2. The first-order chi connectivity index (χ1) is 10.7. The second kappa shape index (κ2) is 8.57. The Labute approximate surface area is 135 Å². The van der Waals surface area contributed by atoms with Crippen LogP contribution in [0.25, 0.3) is 0 Å². The van der Waals surface area contributed by atoms with E-state index in [-0.39, 0.29) is 36.5 Å². The molecule has 1 atom stereocenters. The van der Waals surface area contributed by atoms with Gasteiger partial charge in [0.15, 0.2) is 0 Å². The van der Waals surface area contributed by atoms with Crippen LogP contribution in [-0.4, -0.2) is 42.9 Å². The minimum absolute atomic E-state index is 0.00132. The maximum absolute atomic E-state index is 13.7. The number of carbonyl (C=O) groups excluding carboxylic acids is 2. The monoisotopic (exact) mass is 327 g/mol. The van der Waals surface area contributed by atoms with Gasteiger partial charge in [-0.3, -0.25) is 14.5 Å². The third-order valence-electron chi connectivity index (χ3n) is 3.08. The molecule has 0 spiro atoms. The number of rotatable bonds is 7. The molecule has 0 radical (unpaired) electrons. The van der Waals surface area contributed by atoms with Gasteiger partial charge in [0.25, 0.3) is 0 Å². The lowest BCUT2D eigenvalue weighted by atomic mass is 10.1. The van der Waals surface area contributed by atoms with Crippen LogP contribution in [0.3, 0.4) is 0 Å². The Morgan fingerprint density at radius 3 is 2.17 bits per heavy atom. The number of halogens is 2. The van der Waals surface area contributed by atoms with Crippen molar-refractivity contribution in [1.82, 2.24) is 15.5 Å². The fourth-order valence-corrected chi connectivity index (χ4v) is 2.13. The van der Waals surface area contributed by atoms with Crippen LogP contribution < -0.4 is 10.6 Å². The van der Waals surface area contributed by atoms with Gasteiger partial charge in [-0.25, -0.2) is 8.78 Å². The summed E-state index contributed by atoms with van der Waals surface area (Å²) >= 11 is 0. The molecule has 0 fully saturated rings. The topological polar surface area (TPSA) is 61.4 Å². The van der Waals surface area contributed by atoms with Crippen molar-refractivity contribution >= 4 is 11.8 Å². The highest BCUT2D eigenvalue weighted by Crippen LogP contribution is 2.17. The fourth-order valence-electron chi connectivity index (χ4n) is 2.13. The molecule has 2 N–H and O–H groups in total. The number of hydrogen-bond acceptors (Lipinski definition) is 3. The van der Waals surface area contributed by atoms with E-state index in [1.807, 2.05) is 13.8 Å². The van der Waals surface area contributed by atoms with E-state index in [2.05, 4.69) is 10.6 Å². The molecule has 1 aromatic rings. The Morgan fingerprint density at radius 2 is 1.65 bits per heavy atom. The molecule has 0 aliphatic heterocycles. The zero-order valence-electron chi connectivity index (χ0n) is 13.8. The van der Waals surface area contributed by atoms with E-state index in [4.69, 9.17) is 0 Å². The molecule has 2 amide bonds. The Morgan fingerprint density at radius 1 is 1.09 bits per heavy atom. The quantitative estimate of drug-likeness (QED) is 0.800. The van der Waals surface area contributed by atoms with E-state index >= 15 is 0 Å². The molecule has 23 heavy (non-hydrogen) atoms. The Balaban J connectivity index is 2.50. The average Bonchev–Trinajstić information content (AvgIpc) is 2.36. The average molecular weight is 327 g/mol. The van der Waals surface area contributed by atoms with Crippen molar-refractivity contribution in [3.05, 3.63) is 35.4 Å². The fraction of sp³-hybridized carbons (Fsp3) is 0.500. The Hall–Kier alpha value is -2.02. The van der Waals surface area contributed by atoms with Crippen LogP contribution in [-0.2, 0) is 9.59 Å². The highest BCUT2D eigenvalue weighted by molar-refractivity contribution is 5.81. The normalized spacial score (nSPS) is 12.3. The zero-order valence-corrected chi connectivity index (χ0v) is 13.8. The summed E-state index contributed by atoms with van der Waals surface area (Å²) in [5.41, 5.74) is 0.208. The lowest BCUT2D eigenvalue weighted by Crippen LogP contribution is -2.43. The van der Waals surface area contributed by atoms with Gasteiger partial charge in [0, 0.05) is 17.7 Å². The molecule has 0 unspecified atom stereocenters. The van der Waals surface area contributed by atoms with Crippen molar-refractivity contribution in [2.45, 2.75) is 32.9 Å². The van der Waals surface area contributed by atoms with E-state index in [9.17, 15) is 18.4 Å². The highest BCUT2D eigenvalue weighted by Gasteiger charge is 2.16. The van der Waals surface area contributed by atoms with Gasteiger partial charge < -0.3 is 10.6 Å². The SMILES string of the molecule is CC(C)NC(=O)CN(C)CC(=O)N[C@H](C)c1ccc(F)cc1F. The molecule has 0 aliphatic carbocycles. The number of nitrogens with zero attached hydrogens (tertiary/aromatic N) is 1. The van der Waals surface area contributed by atoms with Crippen LogP contribution in [0.1, 0.15) is 32.4 Å². The molecule has 1 rings (SSSR count). The van der Waals surface area contributed by atoms with E-state index in [1.54, 1.807) is 18.9 Å². The van der Waals surface area contributed by atoms with Gasteiger partial charge in [-0.05, 0) is 33.9 Å². The molecule has 5 nitrogen and oxygen atoms in total. The Bertz CT molecular complexity index is 564. The first-order valence-electron chi connectivity index (χ1n) is 7.41. The summed E-state index contributed by atoms with van der Waals surface area (Å²) in [6.45, 7) is 5.40. The van der Waals surface area contributed by atoms with Crippen LogP contribution in [0.2, 0.25) is 0 Å². The molecule has 0 saturated heterocycles. The van der Waals surface area contributed by atoms with Gasteiger partial charge in [0.1, 0.15) is 11.6 Å². The number of amides is 2. The largest absolute Gasteiger partial charge is 0.353 e. The van der Waals surface area contributed by atoms with Gasteiger partial charge >= 0.3 is 0 Å². The predicted molar refractivity (Wildman–Crippen MR) is 83.7 cm³/mol. The zero-order chi connectivity index (χ0) is 17.6. The number of likely N-dealkylation sites (N-methyl/N-ethyl adjacent to an activating group) is 1. The summed E-state index contributed by atoms with van der Waals surface area (Å²) in [7, 11) is 1.64. The van der Waals surface area contributed by atoms with Gasteiger partial charge in [0.2, 0.25) is 11.8 Å². The van der Waals surface area contributed by atoms with Crippen LogP contribution in [0, 0.1) is 11.6 Å². The van der Waals surface area contributed by atoms with Crippen molar-refractivity contribution in [1.29, 1.82) is 0 Å². The molecule has 0 bridgehead atoms. The van der Waals surface area contributed by atoms with Gasteiger partial charge in [0.05, 0.1) is 19.1 Å². The lowest BCUT2D eigenvalue weighted by molar-refractivity contribution is -0.125. The molecule has 0 aliphatic rings. The summed E-state index contributed by atoms with van der Waals surface area (Å²) in [6, 6.07) is 2.66. The van der Waals surface area contributed by atoms with E-state index in [0.29, 0.717) is 0 Å². The van der Waals surface area contributed by atoms with Gasteiger partial charge in [-0.2, -0.15) is 0 Å². The molecule has 1 aromatic carbocycles. The molecule has 0 aromatic heterocycles. The molecular weight excluding hydrogens is 304 g/mol. The van der Waals surface area contributed by atoms with Crippen LogP contribution >= 0.6 is 0 Å².